The Morgan fingerprint density at radius 2 is 1.92 bits per heavy atom. The van der Waals surface area contributed by atoms with Crippen molar-refractivity contribution in [2.45, 2.75) is 17.2 Å². The van der Waals surface area contributed by atoms with Crippen molar-refractivity contribution in [1.29, 1.82) is 0 Å². The Morgan fingerprint density at radius 3 is 2.52 bits per heavy atom. The van der Waals surface area contributed by atoms with Crippen LogP contribution in [0, 0.1) is 12.3 Å². The first-order valence-electron chi connectivity index (χ1n) is 7.86. The highest BCUT2D eigenvalue weighted by Crippen LogP contribution is 2.27. The molecular formula is C18H18N2O3S2. The third-order valence-corrected chi connectivity index (χ3v) is 7.66. The van der Waals surface area contributed by atoms with Crippen LogP contribution in [0.1, 0.15) is 22.2 Å². The molecule has 0 aliphatic carbocycles. The van der Waals surface area contributed by atoms with Crippen LogP contribution >= 0.6 is 11.3 Å². The molecule has 1 aromatic heterocycles. The molecule has 1 aliphatic heterocycles. The van der Waals surface area contributed by atoms with Gasteiger partial charge in [-0.3, -0.25) is 4.79 Å². The molecule has 0 spiro atoms. The number of terminal acetylenes is 1. The van der Waals surface area contributed by atoms with Gasteiger partial charge in [0.2, 0.25) is 0 Å². The predicted octanol–water partition coefficient (Wildman–Crippen LogP) is 2.26. The van der Waals surface area contributed by atoms with Crippen LogP contribution in [0.4, 0.5) is 0 Å². The summed E-state index contributed by atoms with van der Waals surface area (Å²) < 4.78 is 27.4. The van der Waals surface area contributed by atoms with Crippen molar-refractivity contribution in [3.63, 3.8) is 0 Å². The molecule has 7 heteroatoms. The lowest BCUT2D eigenvalue weighted by Gasteiger charge is -2.38. The standard InChI is InChI=1S/C18H18N2O3S2/c1-3-16-9-10-17(24-16)25(22,23)20-12-11-19(13-14(20)2)18(21)15-7-5-4-6-8-15/h1,4-10,14H,11-13H2,2H3/t14-/m1/s1. The van der Waals surface area contributed by atoms with Crippen LogP contribution in [-0.4, -0.2) is 49.2 Å². The van der Waals surface area contributed by atoms with Gasteiger partial charge in [-0.05, 0) is 31.2 Å². The lowest BCUT2D eigenvalue weighted by atomic mass is 10.1. The van der Waals surface area contributed by atoms with E-state index in [1.807, 2.05) is 25.1 Å². The van der Waals surface area contributed by atoms with Crippen LogP contribution in [0.2, 0.25) is 0 Å². The van der Waals surface area contributed by atoms with Crippen molar-refractivity contribution < 1.29 is 13.2 Å². The molecule has 0 bridgehead atoms. The molecule has 2 heterocycles. The van der Waals surface area contributed by atoms with Gasteiger partial charge in [-0.25, -0.2) is 8.42 Å². The number of carbonyl (C=O) groups is 1. The van der Waals surface area contributed by atoms with Crippen molar-refractivity contribution in [1.82, 2.24) is 9.21 Å². The fourth-order valence-corrected chi connectivity index (χ4v) is 5.76. The summed E-state index contributed by atoms with van der Waals surface area (Å²) in [6.07, 6.45) is 5.33. The summed E-state index contributed by atoms with van der Waals surface area (Å²) in [5, 5.41) is 0. The Hall–Kier alpha value is -2.14. The van der Waals surface area contributed by atoms with Crippen molar-refractivity contribution in [3.8, 4) is 12.3 Å². The normalized spacial score (nSPS) is 18.7. The van der Waals surface area contributed by atoms with Gasteiger partial charge in [0.15, 0.2) is 0 Å². The number of rotatable bonds is 3. The molecule has 1 saturated heterocycles. The lowest BCUT2D eigenvalue weighted by Crippen LogP contribution is -2.55. The zero-order chi connectivity index (χ0) is 18.0. The zero-order valence-corrected chi connectivity index (χ0v) is 15.4. The number of sulfonamides is 1. The van der Waals surface area contributed by atoms with Gasteiger partial charge < -0.3 is 4.90 Å². The first kappa shape index (κ1) is 17.7. The van der Waals surface area contributed by atoms with Gasteiger partial charge in [0.1, 0.15) is 4.21 Å². The summed E-state index contributed by atoms with van der Waals surface area (Å²) in [7, 11) is -3.60. The maximum atomic E-state index is 12.8. The molecular weight excluding hydrogens is 356 g/mol. The molecule has 25 heavy (non-hydrogen) atoms. The first-order chi connectivity index (χ1) is 11.9. The number of nitrogens with zero attached hydrogens (tertiary/aromatic N) is 2. The summed E-state index contributed by atoms with van der Waals surface area (Å²) in [5.74, 6) is 2.38. The predicted molar refractivity (Wildman–Crippen MR) is 98.0 cm³/mol. The highest BCUT2D eigenvalue weighted by Gasteiger charge is 2.36. The number of benzene rings is 1. The van der Waals surface area contributed by atoms with E-state index in [1.165, 1.54) is 4.31 Å². The average Bonchev–Trinajstić information content (AvgIpc) is 3.11. The molecule has 0 unspecified atom stereocenters. The molecule has 1 amide bonds. The number of amides is 1. The summed E-state index contributed by atoms with van der Waals surface area (Å²) in [4.78, 5) is 14.8. The molecule has 3 rings (SSSR count). The Balaban J connectivity index is 1.76. The monoisotopic (exact) mass is 374 g/mol. The van der Waals surface area contributed by atoms with E-state index in [4.69, 9.17) is 6.42 Å². The summed E-state index contributed by atoms with van der Waals surface area (Å²) >= 11 is 1.09. The van der Waals surface area contributed by atoms with E-state index < -0.39 is 10.0 Å². The van der Waals surface area contributed by atoms with Crippen LogP contribution in [0.3, 0.4) is 0 Å². The van der Waals surface area contributed by atoms with Crippen LogP contribution < -0.4 is 0 Å². The summed E-state index contributed by atoms with van der Waals surface area (Å²) in [6.45, 7) is 2.81. The van der Waals surface area contributed by atoms with E-state index in [9.17, 15) is 13.2 Å². The Labute approximate surface area is 151 Å². The van der Waals surface area contributed by atoms with E-state index in [-0.39, 0.29) is 22.7 Å². The van der Waals surface area contributed by atoms with Gasteiger partial charge in [-0.1, -0.05) is 24.1 Å². The SMILES string of the molecule is C#Cc1ccc(S(=O)(=O)N2CCN(C(=O)c3ccccc3)C[C@H]2C)s1. The zero-order valence-electron chi connectivity index (χ0n) is 13.8. The minimum absolute atomic E-state index is 0.0739. The highest BCUT2D eigenvalue weighted by molar-refractivity contribution is 7.91. The second-order valence-corrected chi connectivity index (χ2v) is 9.05. The topological polar surface area (TPSA) is 57.7 Å². The van der Waals surface area contributed by atoms with Crippen molar-refractivity contribution in [2.24, 2.45) is 0 Å². The van der Waals surface area contributed by atoms with Crippen LogP contribution in [-0.2, 0) is 10.0 Å². The molecule has 0 radical (unpaired) electrons. The van der Waals surface area contributed by atoms with Crippen molar-refractivity contribution >= 4 is 27.3 Å². The first-order valence-corrected chi connectivity index (χ1v) is 10.1. The van der Waals surface area contributed by atoms with Gasteiger partial charge in [0, 0.05) is 31.2 Å². The number of hydrogen-bond acceptors (Lipinski definition) is 4. The molecule has 5 nitrogen and oxygen atoms in total. The van der Waals surface area contributed by atoms with Gasteiger partial charge in [-0.2, -0.15) is 4.31 Å². The van der Waals surface area contributed by atoms with E-state index >= 15 is 0 Å². The molecule has 130 valence electrons. The van der Waals surface area contributed by atoms with Crippen molar-refractivity contribution in [2.75, 3.05) is 19.6 Å². The fraction of sp³-hybridized carbons (Fsp3) is 0.278. The van der Waals surface area contributed by atoms with E-state index in [2.05, 4.69) is 5.92 Å². The third kappa shape index (κ3) is 3.47. The second kappa shape index (κ2) is 7.00. The molecule has 0 saturated carbocycles. The number of hydrogen-bond donors (Lipinski definition) is 0. The average molecular weight is 374 g/mol. The molecule has 1 atom stereocenters. The molecule has 0 N–H and O–H groups in total. The van der Waals surface area contributed by atoms with Gasteiger partial charge >= 0.3 is 0 Å². The van der Waals surface area contributed by atoms with Crippen LogP contribution in [0.15, 0.2) is 46.7 Å². The van der Waals surface area contributed by atoms with Gasteiger partial charge in [0.05, 0.1) is 4.88 Å². The summed E-state index contributed by atoms with van der Waals surface area (Å²) in [5.41, 5.74) is 0.614. The maximum absolute atomic E-state index is 12.8. The molecule has 2 aromatic rings. The third-order valence-electron chi connectivity index (χ3n) is 4.16. The highest BCUT2D eigenvalue weighted by atomic mass is 32.2. The minimum atomic E-state index is -3.60. The Morgan fingerprint density at radius 1 is 1.20 bits per heavy atom. The van der Waals surface area contributed by atoms with Crippen molar-refractivity contribution in [3.05, 3.63) is 52.9 Å². The number of piperazine rings is 1. The smallest absolute Gasteiger partial charge is 0.253 e. The van der Waals surface area contributed by atoms with E-state index in [0.29, 0.717) is 23.5 Å². The Kier molecular flexibility index (Phi) is 4.95. The quantitative estimate of drug-likeness (QED) is 0.775. The van der Waals surface area contributed by atoms with E-state index in [0.717, 1.165) is 11.3 Å². The van der Waals surface area contributed by atoms with Gasteiger partial charge in [-0.15, -0.1) is 17.8 Å². The fourth-order valence-electron chi connectivity index (χ4n) is 2.90. The van der Waals surface area contributed by atoms with Crippen LogP contribution in [0.25, 0.3) is 0 Å². The summed E-state index contributed by atoms with van der Waals surface area (Å²) in [6, 6.07) is 11.9. The van der Waals surface area contributed by atoms with E-state index in [1.54, 1.807) is 29.2 Å². The molecule has 1 aromatic carbocycles. The maximum Gasteiger partial charge on any atom is 0.253 e. The Bertz CT molecular complexity index is 913. The van der Waals surface area contributed by atoms with Gasteiger partial charge in [0.25, 0.3) is 15.9 Å². The van der Waals surface area contributed by atoms with Crippen LogP contribution in [0.5, 0.6) is 0 Å². The largest absolute Gasteiger partial charge is 0.336 e. The molecule has 1 fully saturated rings. The lowest BCUT2D eigenvalue weighted by molar-refractivity contribution is 0.0642. The second-order valence-electron chi connectivity index (χ2n) is 5.84. The minimum Gasteiger partial charge on any atom is -0.336 e. The number of thiophene rings is 1. The number of carbonyl (C=O) groups excluding carboxylic acids is 1. The molecule has 1 aliphatic rings.